The number of hydrogen-bond donors (Lipinski definition) is 1. The van der Waals surface area contributed by atoms with Crippen LogP contribution in [0.4, 0.5) is 5.69 Å². The molecule has 0 aliphatic carbocycles. The van der Waals surface area contributed by atoms with Crippen LogP contribution in [0.5, 0.6) is 11.5 Å². The molecule has 184 valence electrons. The Morgan fingerprint density at radius 3 is 2.25 bits per heavy atom. The molecule has 0 fully saturated rings. The number of ether oxygens (including phenoxy) is 3. The van der Waals surface area contributed by atoms with Crippen LogP contribution in [0, 0.1) is 13.8 Å². The number of rotatable bonds is 8. The largest absolute Gasteiger partial charge is 0.493 e. The Labute approximate surface area is 209 Å². The Morgan fingerprint density at radius 1 is 0.889 bits per heavy atom. The van der Waals surface area contributed by atoms with Crippen LogP contribution in [0.15, 0.2) is 72.9 Å². The van der Waals surface area contributed by atoms with E-state index in [4.69, 9.17) is 14.2 Å². The van der Waals surface area contributed by atoms with Crippen LogP contribution in [0.2, 0.25) is 0 Å². The standard InChI is InChI=1S/C28H27N3O5/c1-18-9-8-10-19(2)26(18)29-25(32)17-36-28(33)27-22(16-31(30-27)21-11-6-5-7-12-21)20-13-14-23(34-3)24(15-20)35-4/h5-16H,17H2,1-4H3,(H,29,32). The van der Waals surface area contributed by atoms with Gasteiger partial charge in [0.05, 0.1) is 19.9 Å². The molecule has 8 heteroatoms. The van der Waals surface area contributed by atoms with Crippen LogP contribution < -0.4 is 14.8 Å². The van der Waals surface area contributed by atoms with E-state index >= 15 is 0 Å². The third-order valence-corrected chi connectivity index (χ3v) is 5.70. The van der Waals surface area contributed by atoms with Crippen LogP contribution >= 0.6 is 0 Å². The van der Waals surface area contributed by atoms with Gasteiger partial charge in [-0.15, -0.1) is 0 Å². The smallest absolute Gasteiger partial charge is 0.360 e. The summed E-state index contributed by atoms with van der Waals surface area (Å²) in [6, 6.07) is 20.4. The van der Waals surface area contributed by atoms with Crippen molar-refractivity contribution in [2.45, 2.75) is 13.8 Å². The van der Waals surface area contributed by atoms with Gasteiger partial charge in [-0.05, 0) is 54.8 Å². The molecule has 0 bridgehead atoms. The van der Waals surface area contributed by atoms with Crippen molar-refractivity contribution in [2.75, 3.05) is 26.1 Å². The summed E-state index contributed by atoms with van der Waals surface area (Å²) in [5.41, 5.74) is 4.61. The van der Waals surface area contributed by atoms with Gasteiger partial charge in [0.1, 0.15) is 0 Å². The van der Waals surface area contributed by atoms with Gasteiger partial charge in [-0.1, -0.05) is 42.5 Å². The van der Waals surface area contributed by atoms with Gasteiger partial charge in [-0.2, -0.15) is 5.10 Å². The molecule has 0 spiro atoms. The van der Waals surface area contributed by atoms with Crippen molar-refractivity contribution in [2.24, 2.45) is 0 Å². The maximum atomic E-state index is 13.1. The lowest BCUT2D eigenvalue weighted by Gasteiger charge is -2.12. The van der Waals surface area contributed by atoms with Crippen molar-refractivity contribution < 1.29 is 23.8 Å². The number of carbonyl (C=O) groups is 2. The van der Waals surface area contributed by atoms with Gasteiger partial charge in [-0.25, -0.2) is 9.48 Å². The number of esters is 1. The van der Waals surface area contributed by atoms with Gasteiger partial charge in [0, 0.05) is 17.4 Å². The fourth-order valence-corrected chi connectivity index (χ4v) is 3.84. The summed E-state index contributed by atoms with van der Waals surface area (Å²) < 4.78 is 17.7. The fraction of sp³-hybridized carbons (Fsp3) is 0.179. The molecule has 0 aliphatic heterocycles. The first-order valence-corrected chi connectivity index (χ1v) is 11.3. The van der Waals surface area contributed by atoms with Gasteiger partial charge in [-0.3, -0.25) is 4.79 Å². The first-order chi connectivity index (χ1) is 17.4. The molecule has 0 saturated heterocycles. The second-order valence-corrected chi connectivity index (χ2v) is 8.13. The van der Waals surface area contributed by atoms with Crippen molar-refractivity contribution >= 4 is 17.6 Å². The molecule has 3 aromatic carbocycles. The van der Waals surface area contributed by atoms with Crippen LogP contribution in [0.1, 0.15) is 21.6 Å². The number of anilines is 1. The van der Waals surface area contributed by atoms with Gasteiger partial charge in [0.15, 0.2) is 23.8 Å². The molecule has 4 aromatic rings. The highest BCUT2D eigenvalue weighted by atomic mass is 16.5. The molecule has 1 amide bonds. The average Bonchev–Trinajstić information content (AvgIpc) is 3.35. The molecule has 8 nitrogen and oxygen atoms in total. The molecule has 1 N–H and O–H groups in total. The van der Waals surface area contributed by atoms with Gasteiger partial charge < -0.3 is 19.5 Å². The highest BCUT2D eigenvalue weighted by Crippen LogP contribution is 2.34. The predicted molar refractivity (Wildman–Crippen MR) is 137 cm³/mol. The monoisotopic (exact) mass is 485 g/mol. The van der Waals surface area contributed by atoms with Crippen LogP contribution in [0.3, 0.4) is 0 Å². The zero-order valence-corrected chi connectivity index (χ0v) is 20.6. The number of carbonyl (C=O) groups excluding carboxylic acids is 2. The number of nitrogens with one attached hydrogen (secondary N) is 1. The normalized spacial score (nSPS) is 10.6. The number of nitrogens with zero attached hydrogens (tertiary/aromatic N) is 2. The Balaban J connectivity index is 1.61. The second-order valence-electron chi connectivity index (χ2n) is 8.13. The number of amides is 1. The summed E-state index contributed by atoms with van der Waals surface area (Å²) in [7, 11) is 3.09. The number of methoxy groups -OCH3 is 2. The Bertz CT molecular complexity index is 1380. The minimum Gasteiger partial charge on any atom is -0.493 e. The molecule has 36 heavy (non-hydrogen) atoms. The Morgan fingerprint density at radius 2 is 1.58 bits per heavy atom. The first kappa shape index (κ1) is 24.5. The molecule has 0 atom stereocenters. The minimum atomic E-state index is -0.717. The molecule has 0 radical (unpaired) electrons. The minimum absolute atomic E-state index is 0.0749. The topological polar surface area (TPSA) is 91.7 Å². The van der Waals surface area contributed by atoms with E-state index < -0.39 is 18.5 Å². The van der Waals surface area contributed by atoms with E-state index in [0.717, 1.165) is 16.8 Å². The van der Waals surface area contributed by atoms with E-state index in [1.54, 1.807) is 43.3 Å². The van der Waals surface area contributed by atoms with Crippen molar-refractivity contribution in [3.8, 4) is 28.3 Å². The maximum Gasteiger partial charge on any atom is 0.360 e. The SMILES string of the molecule is COc1ccc(-c2cn(-c3ccccc3)nc2C(=O)OCC(=O)Nc2c(C)cccc2C)cc1OC. The zero-order chi connectivity index (χ0) is 25.7. The summed E-state index contributed by atoms with van der Waals surface area (Å²) in [6.07, 6.45) is 1.74. The summed E-state index contributed by atoms with van der Waals surface area (Å²) in [4.78, 5) is 25.7. The zero-order valence-electron chi connectivity index (χ0n) is 20.6. The van der Waals surface area contributed by atoms with Crippen LogP contribution in [-0.2, 0) is 9.53 Å². The lowest BCUT2D eigenvalue weighted by molar-refractivity contribution is -0.119. The third-order valence-electron chi connectivity index (χ3n) is 5.70. The average molecular weight is 486 g/mol. The number of para-hydroxylation sites is 2. The second kappa shape index (κ2) is 10.8. The summed E-state index contributed by atoms with van der Waals surface area (Å²) in [6.45, 7) is 3.36. The first-order valence-electron chi connectivity index (χ1n) is 11.3. The number of aromatic nitrogens is 2. The van der Waals surface area contributed by atoms with E-state index in [0.29, 0.717) is 28.3 Å². The molecule has 1 heterocycles. The van der Waals surface area contributed by atoms with Gasteiger partial charge >= 0.3 is 5.97 Å². The lowest BCUT2D eigenvalue weighted by atomic mass is 10.1. The quantitative estimate of drug-likeness (QED) is 0.355. The Kier molecular flexibility index (Phi) is 7.34. The molecular formula is C28H27N3O5. The summed E-state index contributed by atoms with van der Waals surface area (Å²) in [5, 5.41) is 7.30. The maximum absolute atomic E-state index is 13.1. The van der Waals surface area contributed by atoms with E-state index in [-0.39, 0.29) is 5.69 Å². The molecule has 0 saturated carbocycles. The number of hydrogen-bond acceptors (Lipinski definition) is 6. The van der Waals surface area contributed by atoms with Crippen molar-refractivity contribution in [3.63, 3.8) is 0 Å². The fourth-order valence-electron chi connectivity index (χ4n) is 3.84. The number of benzene rings is 3. The number of aryl methyl sites for hydroxylation is 2. The van der Waals surface area contributed by atoms with Crippen molar-refractivity contribution in [1.82, 2.24) is 9.78 Å². The van der Waals surface area contributed by atoms with E-state index in [1.807, 2.05) is 62.4 Å². The van der Waals surface area contributed by atoms with Crippen LogP contribution in [0.25, 0.3) is 16.8 Å². The van der Waals surface area contributed by atoms with Crippen LogP contribution in [-0.4, -0.2) is 42.5 Å². The highest BCUT2D eigenvalue weighted by molar-refractivity contribution is 5.98. The Hall–Kier alpha value is -4.59. The van der Waals surface area contributed by atoms with Crippen molar-refractivity contribution in [3.05, 3.63) is 89.7 Å². The third kappa shape index (κ3) is 5.22. The molecule has 0 aliphatic rings. The van der Waals surface area contributed by atoms with Gasteiger partial charge in [0.25, 0.3) is 5.91 Å². The molecule has 1 aromatic heterocycles. The highest BCUT2D eigenvalue weighted by Gasteiger charge is 2.22. The molecule has 0 unspecified atom stereocenters. The van der Waals surface area contributed by atoms with E-state index in [1.165, 1.54) is 0 Å². The predicted octanol–water partition coefficient (Wildman–Crippen LogP) is 4.97. The van der Waals surface area contributed by atoms with E-state index in [2.05, 4.69) is 10.4 Å². The molecule has 4 rings (SSSR count). The summed E-state index contributed by atoms with van der Waals surface area (Å²) >= 11 is 0. The summed E-state index contributed by atoms with van der Waals surface area (Å²) in [5.74, 6) is -0.0826. The van der Waals surface area contributed by atoms with Crippen molar-refractivity contribution in [1.29, 1.82) is 0 Å². The van der Waals surface area contributed by atoms with Gasteiger partial charge in [0.2, 0.25) is 0 Å². The lowest BCUT2D eigenvalue weighted by Crippen LogP contribution is -2.22. The molecular weight excluding hydrogens is 458 g/mol. The van der Waals surface area contributed by atoms with E-state index in [9.17, 15) is 9.59 Å².